The summed E-state index contributed by atoms with van der Waals surface area (Å²) < 4.78 is 26.1. The quantitative estimate of drug-likeness (QED) is 0.560. The number of imide groups is 1. The first-order chi connectivity index (χ1) is 13.3. The fourth-order valence-corrected chi connectivity index (χ4v) is 3.29. The highest BCUT2D eigenvalue weighted by Crippen LogP contribution is 2.05. The summed E-state index contributed by atoms with van der Waals surface area (Å²) >= 11 is 0. The van der Waals surface area contributed by atoms with Gasteiger partial charge in [-0.1, -0.05) is 30.3 Å². The van der Waals surface area contributed by atoms with Gasteiger partial charge in [-0.2, -0.15) is 0 Å². The van der Waals surface area contributed by atoms with E-state index < -0.39 is 27.7 Å². The van der Waals surface area contributed by atoms with Crippen LogP contribution in [0, 0.1) is 0 Å². The SMILES string of the molecule is NCC(=O)NC(=O)c1ccc(C(=O)NS(=O)(=O)CCCc2ccccc2)cn1. The average molecular weight is 404 g/mol. The molecule has 1 aromatic heterocycles. The van der Waals surface area contributed by atoms with Gasteiger partial charge in [-0.25, -0.2) is 13.1 Å². The molecule has 0 aliphatic heterocycles. The molecule has 0 saturated carbocycles. The molecule has 28 heavy (non-hydrogen) atoms. The number of pyridine rings is 1. The van der Waals surface area contributed by atoms with E-state index in [2.05, 4.69) is 4.98 Å². The third-order valence-electron chi connectivity index (χ3n) is 3.67. The molecule has 0 unspecified atom stereocenters. The van der Waals surface area contributed by atoms with Crippen molar-refractivity contribution in [1.29, 1.82) is 0 Å². The van der Waals surface area contributed by atoms with Gasteiger partial charge in [0.25, 0.3) is 11.8 Å². The predicted molar refractivity (Wildman–Crippen MR) is 102 cm³/mol. The van der Waals surface area contributed by atoms with Crippen LogP contribution < -0.4 is 15.8 Å². The summed E-state index contributed by atoms with van der Waals surface area (Å²) in [5.74, 6) is -2.49. The molecule has 9 nitrogen and oxygen atoms in total. The van der Waals surface area contributed by atoms with E-state index in [-0.39, 0.29) is 23.6 Å². The predicted octanol–water partition coefficient (Wildman–Crippen LogP) is -0.0109. The molecular formula is C18H20N4O5S. The number of aromatic nitrogens is 1. The third-order valence-corrected chi connectivity index (χ3v) is 4.99. The van der Waals surface area contributed by atoms with E-state index in [1.54, 1.807) is 0 Å². The maximum absolute atomic E-state index is 12.1. The van der Waals surface area contributed by atoms with Crippen LogP contribution in [0.5, 0.6) is 0 Å². The van der Waals surface area contributed by atoms with Crippen LogP contribution in [-0.2, 0) is 21.2 Å². The maximum Gasteiger partial charge on any atom is 0.276 e. The molecule has 2 rings (SSSR count). The van der Waals surface area contributed by atoms with E-state index in [0.717, 1.165) is 11.8 Å². The topological polar surface area (TPSA) is 148 Å². The van der Waals surface area contributed by atoms with Crippen LogP contribution in [0.1, 0.15) is 32.8 Å². The van der Waals surface area contributed by atoms with Gasteiger partial charge in [0.15, 0.2) is 0 Å². The van der Waals surface area contributed by atoms with E-state index in [1.165, 1.54) is 12.1 Å². The second-order valence-corrected chi connectivity index (χ2v) is 7.69. The van der Waals surface area contributed by atoms with E-state index in [0.29, 0.717) is 12.8 Å². The molecule has 10 heteroatoms. The van der Waals surface area contributed by atoms with E-state index in [9.17, 15) is 22.8 Å². The first-order valence-electron chi connectivity index (χ1n) is 8.40. The van der Waals surface area contributed by atoms with Gasteiger partial charge in [0.05, 0.1) is 17.9 Å². The molecule has 0 spiro atoms. The van der Waals surface area contributed by atoms with Crippen molar-refractivity contribution in [2.75, 3.05) is 12.3 Å². The highest BCUT2D eigenvalue weighted by atomic mass is 32.2. The van der Waals surface area contributed by atoms with Crippen molar-refractivity contribution in [3.63, 3.8) is 0 Å². The lowest BCUT2D eigenvalue weighted by molar-refractivity contribution is -0.118. The van der Waals surface area contributed by atoms with Gasteiger partial charge >= 0.3 is 0 Å². The number of hydrogen-bond acceptors (Lipinski definition) is 7. The van der Waals surface area contributed by atoms with Gasteiger partial charge < -0.3 is 5.73 Å². The van der Waals surface area contributed by atoms with Crippen LogP contribution in [0.25, 0.3) is 0 Å². The maximum atomic E-state index is 12.1. The second-order valence-electron chi connectivity index (χ2n) is 5.85. The number of nitrogens with two attached hydrogens (primary N) is 1. The first kappa shape index (κ1) is 21.2. The van der Waals surface area contributed by atoms with Crippen molar-refractivity contribution < 1.29 is 22.8 Å². The Balaban J connectivity index is 1.90. The van der Waals surface area contributed by atoms with Gasteiger partial charge in [0.2, 0.25) is 15.9 Å². The lowest BCUT2D eigenvalue weighted by atomic mass is 10.1. The smallest absolute Gasteiger partial charge is 0.276 e. The Kier molecular flexibility index (Phi) is 7.36. The number of hydrogen-bond donors (Lipinski definition) is 3. The average Bonchev–Trinajstić information content (AvgIpc) is 2.68. The number of benzene rings is 1. The van der Waals surface area contributed by atoms with Crippen LogP contribution in [0.3, 0.4) is 0 Å². The van der Waals surface area contributed by atoms with Crippen molar-refractivity contribution in [2.45, 2.75) is 12.8 Å². The summed E-state index contributed by atoms with van der Waals surface area (Å²) in [6, 6.07) is 11.9. The number of amides is 3. The van der Waals surface area contributed by atoms with Gasteiger partial charge in [0, 0.05) is 6.20 Å². The normalized spacial score (nSPS) is 10.9. The molecule has 0 saturated heterocycles. The summed E-state index contributed by atoms with van der Waals surface area (Å²) in [5, 5.41) is 2.01. The number of rotatable bonds is 8. The number of aryl methyl sites for hydroxylation is 1. The van der Waals surface area contributed by atoms with Gasteiger partial charge in [-0.3, -0.25) is 24.7 Å². The Morgan fingerprint density at radius 2 is 1.71 bits per heavy atom. The highest BCUT2D eigenvalue weighted by molar-refractivity contribution is 7.90. The molecule has 0 fully saturated rings. The van der Waals surface area contributed by atoms with Gasteiger partial charge in [-0.15, -0.1) is 0 Å². The first-order valence-corrected chi connectivity index (χ1v) is 10.0. The standard InChI is InChI=1S/C18H20N4O5S/c19-11-16(23)21-18(25)15-9-8-14(12-20-15)17(24)22-28(26,27)10-4-7-13-5-2-1-3-6-13/h1-3,5-6,8-9,12H,4,7,10-11,19H2,(H,22,24)(H,21,23,25). The molecule has 148 valence electrons. The monoisotopic (exact) mass is 404 g/mol. The van der Waals surface area contributed by atoms with Crippen LogP contribution in [0.4, 0.5) is 0 Å². The van der Waals surface area contributed by atoms with Crippen LogP contribution >= 0.6 is 0 Å². The molecule has 1 aromatic carbocycles. The molecular weight excluding hydrogens is 384 g/mol. The second kappa shape index (κ2) is 9.72. The number of nitrogens with one attached hydrogen (secondary N) is 2. The molecule has 0 atom stereocenters. The molecule has 4 N–H and O–H groups in total. The number of carbonyl (C=O) groups is 3. The molecule has 0 aliphatic carbocycles. The summed E-state index contributed by atoms with van der Waals surface area (Å²) in [6.45, 7) is -0.353. The number of carbonyl (C=O) groups excluding carboxylic acids is 3. The van der Waals surface area contributed by atoms with E-state index in [1.807, 2.05) is 40.4 Å². The van der Waals surface area contributed by atoms with Crippen molar-refractivity contribution in [1.82, 2.24) is 15.0 Å². The fraction of sp³-hybridized carbons (Fsp3) is 0.222. The van der Waals surface area contributed by atoms with Crippen LogP contribution in [0.2, 0.25) is 0 Å². The Hall–Kier alpha value is -3.11. The molecule has 1 heterocycles. The fourth-order valence-electron chi connectivity index (χ4n) is 2.27. The zero-order valence-corrected chi connectivity index (χ0v) is 15.7. The van der Waals surface area contributed by atoms with Crippen LogP contribution in [0.15, 0.2) is 48.7 Å². The number of nitrogens with zero attached hydrogens (tertiary/aromatic N) is 1. The minimum atomic E-state index is -3.81. The van der Waals surface area contributed by atoms with E-state index >= 15 is 0 Å². The molecule has 0 radical (unpaired) electrons. The Morgan fingerprint density at radius 3 is 2.32 bits per heavy atom. The third kappa shape index (κ3) is 6.56. The Morgan fingerprint density at radius 1 is 1.00 bits per heavy atom. The van der Waals surface area contributed by atoms with Crippen molar-refractivity contribution in [3.05, 3.63) is 65.5 Å². The molecule has 2 aromatic rings. The zero-order chi connectivity index (χ0) is 20.6. The highest BCUT2D eigenvalue weighted by Gasteiger charge is 2.17. The summed E-state index contributed by atoms with van der Waals surface area (Å²) in [7, 11) is -3.81. The zero-order valence-electron chi connectivity index (χ0n) is 14.9. The van der Waals surface area contributed by atoms with Crippen LogP contribution in [-0.4, -0.2) is 43.4 Å². The van der Waals surface area contributed by atoms with Crippen molar-refractivity contribution >= 4 is 27.7 Å². The Labute approximate surface area is 162 Å². The number of sulfonamides is 1. The molecule has 0 aliphatic rings. The van der Waals surface area contributed by atoms with Crippen molar-refractivity contribution in [3.8, 4) is 0 Å². The lowest BCUT2D eigenvalue weighted by Crippen LogP contribution is -2.36. The van der Waals surface area contributed by atoms with Gasteiger partial charge in [0.1, 0.15) is 5.69 Å². The van der Waals surface area contributed by atoms with E-state index in [4.69, 9.17) is 5.73 Å². The molecule has 0 bridgehead atoms. The minimum absolute atomic E-state index is 0.0339. The summed E-state index contributed by atoms with van der Waals surface area (Å²) in [4.78, 5) is 38.7. The van der Waals surface area contributed by atoms with Crippen molar-refractivity contribution in [2.24, 2.45) is 5.73 Å². The minimum Gasteiger partial charge on any atom is -0.322 e. The lowest BCUT2D eigenvalue weighted by Gasteiger charge is -2.07. The Bertz CT molecular complexity index is 944. The molecule has 3 amide bonds. The largest absolute Gasteiger partial charge is 0.322 e. The summed E-state index contributed by atoms with van der Waals surface area (Å²) in [6.07, 6.45) is 1.98. The summed E-state index contributed by atoms with van der Waals surface area (Å²) in [5.41, 5.74) is 5.96. The van der Waals surface area contributed by atoms with Gasteiger partial charge in [-0.05, 0) is 30.5 Å².